The summed E-state index contributed by atoms with van der Waals surface area (Å²) in [5.41, 5.74) is 0.158. The van der Waals surface area contributed by atoms with Crippen LogP contribution in [0.15, 0.2) is 48.7 Å². The third kappa shape index (κ3) is 3.24. The monoisotopic (exact) mass is 377 g/mol. The predicted molar refractivity (Wildman–Crippen MR) is 93.4 cm³/mol. The zero-order chi connectivity index (χ0) is 18.1. The van der Waals surface area contributed by atoms with Crippen molar-refractivity contribution in [1.82, 2.24) is 4.98 Å². The van der Waals surface area contributed by atoms with Gasteiger partial charge in [-0.05, 0) is 6.07 Å². The Morgan fingerprint density at radius 3 is 2.69 bits per heavy atom. The highest BCUT2D eigenvalue weighted by molar-refractivity contribution is 6.29. The first kappa shape index (κ1) is 17.9. The number of ether oxygens (including phenoxy) is 4. The second-order valence-electron chi connectivity index (χ2n) is 6.47. The smallest absolute Gasteiger partial charge is 0.184 e. The molecule has 2 saturated heterocycles. The number of rotatable bonds is 3. The Labute approximate surface area is 156 Å². The lowest BCUT2D eigenvalue weighted by Crippen LogP contribution is -2.60. The number of benzene rings is 1. The Kier molecular flexibility index (Phi) is 4.96. The number of pyridine rings is 1. The van der Waals surface area contributed by atoms with Crippen LogP contribution in [-0.2, 0) is 24.5 Å². The van der Waals surface area contributed by atoms with E-state index in [0.717, 1.165) is 5.56 Å². The number of nitrogens with zero attached hydrogens (tertiary/aromatic N) is 1. The minimum Gasteiger partial charge on any atom is -0.382 e. The van der Waals surface area contributed by atoms with Crippen LogP contribution in [0.3, 0.4) is 0 Å². The minimum atomic E-state index is -1.34. The van der Waals surface area contributed by atoms with Crippen molar-refractivity contribution in [3.63, 3.8) is 0 Å². The molecule has 2 aromatic rings. The highest BCUT2D eigenvalue weighted by Gasteiger charge is 2.54. The summed E-state index contributed by atoms with van der Waals surface area (Å²) in [5, 5.41) is 11.9. The summed E-state index contributed by atoms with van der Waals surface area (Å²) >= 11 is 5.90. The summed E-state index contributed by atoms with van der Waals surface area (Å²) in [6.45, 7) is 0.285. The van der Waals surface area contributed by atoms with Crippen molar-refractivity contribution in [1.29, 1.82) is 0 Å². The number of hydrogen-bond donors (Lipinski definition) is 1. The number of fused-ring (bicyclic) bond motifs is 1. The van der Waals surface area contributed by atoms with Gasteiger partial charge in [0, 0.05) is 30.9 Å². The van der Waals surface area contributed by atoms with Crippen LogP contribution in [0.5, 0.6) is 0 Å². The molecule has 5 atom stereocenters. The van der Waals surface area contributed by atoms with Gasteiger partial charge in [0.1, 0.15) is 23.0 Å². The Balaban J connectivity index is 1.67. The molecule has 4 rings (SSSR count). The fraction of sp³-hybridized carbons (Fsp3) is 0.421. The standard InChI is InChI=1S/C19H20ClNO5/c1-23-16-9-19(22,13-7-8-15(20)21-10-13)17-14(25-16)11-24-18(26-17)12-5-3-2-4-6-12/h2-8,10,14,16-18,22H,9,11H2,1H3/t14-,16+,17-,18-,19-/m1/s1. The Hall–Kier alpha value is -1.54. The molecule has 1 N–H and O–H groups in total. The molecule has 1 aromatic heterocycles. The SMILES string of the molecule is CO[C@@H]1C[C@@](O)(c2ccc(Cl)nc2)[C@@H]2O[C@H](c3ccccc3)OC[C@H]2O1. The maximum atomic E-state index is 11.6. The molecule has 2 fully saturated rings. The molecular weight excluding hydrogens is 358 g/mol. The summed E-state index contributed by atoms with van der Waals surface area (Å²) < 4.78 is 23.2. The molecule has 0 saturated carbocycles. The lowest BCUT2D eigenvalue weighted by Gasteiger charge is -2.50. The molecule has 0 radical (unpaired) electrons. The van der Waals surface area contributed by atoms with Crippen molar-refractivity contribution in [3.05, 3.63) is 64.9 Å². The second-order valence-corrected chi connectivity index (χ2v) is 6.86. The van der Waals surface area contributed by atoms with Crippen molar-refractivity contribution in [2.75, 3.05) is 13.7 Å². The quantitative estimate of drug-likeness (QED) is 0.829. The van der Waals surface area contributed by atoms with Crippen molar-refractivity contribution in [2.24, 2.45) is 0 Å². The summed E-state index contributed by atoms with van der Waals surface area (Å²) in [6, 6.07) is 13.0. The van der Waals surface area contributed by atoms with E-state index in [0.29, 0.717) is 10.7 Å². The van der Waals surface area contributed by atoms with Gasteiger partial charge in [0.2, 0.25) is 0 Å². The van der Waals surface area contributed by atoms with Crippen molar-refractivity contribution in [3.8, 4) is 0 Å². The van der Waals surface area contributed by atoms with Crippen LogP contribution in [0.4, 0.5) is 0 Å². The van der Waals surface area contributed by atoms with E-state index in [-0.39, 0.29) is 13.0 Å². The molecule has 138 valence electrons. The number of aromatic nitrogens is 1. The van der Waals surface area contributed by atoms with Crippen molar-refractivity contribution in [2.45, 2.75) is 36.8 Å². The first-order valence-corrected chi connectivity index (χ1v) is 8.82. The Morgan fingerprint density at radius 2 is 2.00 bits per heavy atom. The fourth-order valence-electron chi connectivity index (χ4n) is 3.51. The van der Waals surface area contributed by atoms with E-state index in [1.807, 2.05) is 30.3 Å². The van der Waals surface area contributed by atoms with E-state index in [1.165, 1.54) is 0 Å². The summed E-state index contributed by atoms with van der Waals surface area (Å²) in [4.78, 5) is 4.10. The van der Waals surface area contributed by atoms with Gasteiger partial charge in [-0.2, -0.15) is 0 Å². The zero-order valence-electron chi connectivity index (χ0n) is 14.2. The molecule has 0 amide bonds. The molecule has 2 aliphatic heterocycles. The van der Waals surface area contributed by atoms with Gasteiger partial charge in [-0.15, -0.1) is 0 Å². The molecule has 3 heterocycles. The van der Waals surface area contributed by atoms with Gasteiger partial charge in [-0.25, -0.2) is 4.98 Å². The molecular formula is C19H20ClNO5. The van der Waals surface area contributed by atoms with E-state index in [2.05, 4.69) is 4.98 Å². The topological polar surface area (TPSA) is 70.0 Å². The first-order valence-electron chi connectivity index (χ1n) is 8.45. The van der Waals surface area contributed by atoms with E-state index < -0.39 is 30.4 Å². The summed E-state index contributed by atoms with van der Waals surface area (Å²) in [6.07, 6.45) is -0.460. The van der Waals surface area contributed by atoms with Crippen LogP contribution in [-0.4, -0.2) is 42.3 Å². The molecule has 0 aliphatic carbocycles. The number of halogens is 1. The zero-order valence-corrected chi connectivity index (χ0v) is 15.0. The fourth-order valence-corrected chi connectivity index (χ4v) is 3.62. The van der Waals surface area contributed by atoms with Crippen LogP contribution >= 0.6 is 11.6 Å². The second kappa shape index (κ2) is 7.23. The highest BCUT2D eigenvalue weighted by atomic mass is 35.5. The van der Waals surface area contributed by atoms with Gasteiger partial charge in [-0.1, -0.05) is 48.0 Å². The third-order valence-corrected chi connectivity index (χ3v) is 5.08. The van der Waals surface area contributed by atoms with E-state index in [1.54, 1.807) is 25.4 Å². The van der Waals surface area contributed by atoms with Gasteiger partial charge in [0.15, 0.2) is 12.6 Å². The molecule has 1 aromatic carbocycles. The normalized spacial score (nSPS) is 34.3. The van der Waals surface area contributed by atoms with Crippen LogP contribution in [0.1, 0.15) is 23.8 Å². The number of aliphatic hydroxyl groups is 1. The largest absolute Gasteiger partial charge is 0.382 e. The predicted octanol–water partition coefficient (Wildman–Crippen LogP) is 2.80. The molecule has 2 aliphatic rings. The molecule has 6 nitrogen and oxygen atoms in total. The summed E-state index contributed by atoms with van der Waals surface area (Å²) in [5.74, 6) is 0. The van der Waals surface area contributed by atoms with Gasteiger partial charge in [0.25, 0.3) is 0 Å². The van der Waals surface area contributed by atoms with Crippen LogP contribution in [0.25, 0.3) is 0 Å². The lowest BCUT2D eigenvalue weighted by atomic mass is 9.80. The van der Waals surface area contributed by atoms with Crippen LogP contribution in [0.2, 0.25) is 5.15 Å². The molecule has 0 spiro atoms. The number of methoxy groups -OCH3 is 1. The van der Waals surface area contributed by atoms with E-state index in [4.69, 9.17) is 30.5 Å². The molecule has 0 bridgehead atoms. The summed E-state index contributed by atoms with van der Waals surface area (Å²) in [7, 11) is 1.54. The van der Waals surface area contributed by atoms with Crippen molar-refractivity contribution >= 4 is 11.6 Å². The van der Waals surface area contributed by atoms with Gasteiger partial charge in [-0.3, -0.25) is 0 Å². The molecule has 26 heavy (non-hydrogen) atoms. The first-order chi connectivity index (χ1) is 12.6. The lowest BCUT2D eigenvalue weighted by molar-refractivity contribution is -0.360. The Bertz CT molecular complexity index is 743. The maximum Gasteiger partial charge on any atom is 0.184 e. The average Bonchev–Trinajstić information content (AvgIpc) is 2.68. The molecule has 0 unspecified atom stereocenters. The number of hydrogen-bond acceptors (Lipinski definition) is 6. The van der Waals surface area contributed by atoms with Crippen LogP contribution < -0.4 is 0 Å². The minimum absolute atomic E-state index is 0.218. The van der Waals surface area contributed by atoms with Gasteiger partial charge in [0.05, 0.1) is 6.61 Å². The Morgan fingerprint density at radius 1 is 1.19 bits per heavy atom. The van der Waals surface area contributed by atoms with E-state index >= 15 is 0 Å². The van der Waals surface area contributed by atoms with Crippen LogP contribution in [0, 0.1) is 0 Å². The van der Waals surface area contributed by atoms with Crippen molar-refractivity contribution < 1.29 is 24.1 Å². The van der Waals surface area contributed by atoms with Gasteiger partial charge < -0.3 is 24.1 Å². The molecule has 7 heteroatoms. The highest BCUT2D eigenvalue weighted by Crippen LogP contribution is 2.44. The third-order valence-electron chi connectivity index (χ3n) is 4.86. The van der Waals surface area contributed by atoms with E-state index in [9.17, 15) is 5.11 Å². The average molecular weight is 378 g/mol. The van der Waals surface area contributed by atoms with Gasteiger partial charge >= 0.3 is 0 Å². The maximum absolute atomic E-state index is 11.6.